The molecule has 0 atom stereocenters. The van der Waals surface area contributed by atoms with Gasteiger partial charge in [0.1, 0.15) is 0 Å². The van der Waals surface area contributed by atoms with Gasteiger partial charge in [0.25, 0.3) is 0 Å². The molecule has 0 unspecified atom stereocenters. The summed E-state index contributed by atoms with van der Waals surface area (Å²) in [5.74, 6) is -3.07. The molecule has 0 saturated carbocycles. The Hall–Kier alpha value is -2.03. The van der Waals surface area contributed by atoms with E-state index in [-0.39, 0.29) is 12.1 Å². The van der Waals surface area contributed by atoms with E-state index in [1.807, 2.05) is 4.98 Å². The van der Waals surface area contributed by atoms with Crippen molar-refractivity contribution >= 4 is 5.97 Å². The number of halogens is 3. The number of alkyl halides is 3. The van der Waals surface area contributed by atoms with E-state index in [2.05, 4.69) is 4.74 Å². The number of nitrogens with one attached hydrogen (secondary N) is 1. The first-order valence-corrected chi connectivity index (χ1v) is 4.20. The molecule has 0 aliphatic rings. The van der Waals surface area contributed by atoms with Crippen LogP contribution < -0.4 is 15.9 Å². The van der Waals surface area contributed by atoms with Gasteiger partial charge in [-0.3, -0.25) is 4.79 Å². The highest BCUT2D eigenvalue weighted by atomic mass is 19.4. The first kappa shape index (κ1) is 13.0. The average molecular weight is 252 g/mol. The van der Waals surface area contributed by atoms with Crippen LogP contribution in [0, 0.1) is 0 Å². The first-order chi connectivity index (χ1) is 7.76. The molecule has 9 heteroatoms. The highest BCUT2D eigenvalue weighted by molar-refractivity contribution is 5.88. The molecule has 0 spiro atoms. The average Bonchev–Trinajstić information content (AvgIpc) is 2.18. The van der Waals surface area contributed by atoms with Gasteiger partial charge in [0.05, 0.1) is 0 Å². The van der Waals surface area contributed by atoms with Crippen LogP contribution in [0.5, 0.6) is 5.75 Å². The summed E-state index contributed by atoms with van der Waals surface area (Å²) in [5, 5.41) is 8.60. The number of nitrogens with two attached hydrogens (primary N) is 1. The van der Waals surface area contributed by atoms with E-state index < -0.39 is 29.2 Å². The van der Waals surface area contributed by atoms with Crippen molar-refractivity contribution in [1.82, 2.24) is 4.98 Å². The van der Waals surface area contributed by atoms with E-state index in [0.29, 0.717) is 0 Å². The summed E-state index contributed by atoms with van der Waals surface area (Å²) in [5.41, 5.74) is 2.70. The van der Waals surface area contributed by atoms with E-state index in [4.69, 9.17) is 10.8 Å². The lowest BCUT2D eigenvalue weighted by molar-refractivity contribution is -0.275. The molecule has 0 aliphatic heterocycles. The molecule has 1 heterocycles. The van der Waals surface area contributed by atoms with Crippen molar-refractivity contribution in [2.24, 2.45) is 5.73 Å². The van der Waals surface area contributed by atoms with Crippen LogP contribution in [0.15, 0.2) is 11.0 Å². The molecule has 1 aromatic heterocycles. The highest BCUT2D eigenvalue weighted by Gasteiger charge is 2.35. The van der Waals surface area contributed by atoms with Gasteiger partial charge in [0, 0.05) is 18.3 Å². The number of pyridine rings is 1. The van der Waals surface area contributed by atoms with Gasteiger partial charge in [-0.15, -0.1) is 13.2 Å². The van der Waals surface area contributed by atoms with Gasteiger partial charge >= 0.3 is 12.3 Å². The van der Waals surface area contributed by atoms with Crippen molar-refractivity contribution in [3.63, 3.8) is 0 Å². The topological polar surface area (TPSA) is 105 Å². The van der Waals surface area contributed by atoms with E-state index in [1.165, 1.54) is 0 Å². The van der Waals surface area contributed by atoms with Crippen molar-refractivity contribution in [3.8, 4) is 5.75 Å². The second-order valence-corrected chi connectivity index (χ2v) is 2.90. The van der Waals surface area contributed by atoms with Crippen LogP contribution in [0.2, 0.25) is 0 Å². The Labute approximate surface area is 91.8 Å². The van der Waals surface area contributed by atoms with E-state index in [1.54, 1.807) is 0 Å². The molecule has 1 rings (SSSR count). The van der Waals surface area contributed by atoms with Crippen LogP contribution in [0.1, 0.15) is 16.1 Å². The maximum absolute atomic E-state index is 12.0. The van der Waals surface area contributed by atoms with Crippen molar-refractivity contribution in [2.75, 3.05) is 0 Å². The molecule has 0 bridgehead atoms. The minimum Gasteiger partial charge on any atom is -0.476 e. The molecule has 0 aromatic carbocycles. The Kier molecular flexibility index (Phi) is 3.42. The zero-order valence-electron chi connectivity index (χ0n) is 8.17. The summed E-state index contributed by atoms with van der Waals surface area (Å²) in [6.07, 6.45) is -4.24. The summed E-state index contributed by atoms with van der Waals surface area (Å²) >= 11 is 0. The highest BCUT2D eigenvalue weighted by Crippen LogP contribution is 2.22. The zero-order chi connectivity index (χ0) is 13.2. The molecular formula is C8H7F3N2O4. The lowest BCUT2D eigenvalue weighted by Gasteiger charge is -2.11. The van der Waals surface area contributed by atoms with Crippen LogP contribution in [0.3, 0.4) is 0 Å². The minimum absolute atomic E-state index is 0.214. The second-order valence-electron chi connectivity index (χ2n) is 2.90. The molecule has 0 aliphatic carbocycles. The fourth-order valence-electron chi connectivity index (χ4n) is 1.07. The Morgan fingerprint density at radius 1 is 1.53 bits per heavy atom. The van der Waals surface area contributed by atoms with E-state index in [9.17, 15) is 22.8 Å². The van der Waals surface area contributed by atoms with Crippen molar-refractivity contribution < 1.29 is 27.8 Å². The molecule has 17 heavy (non-hydrogen) atoms. The van der Waals surface area contributed by atoms with Crippen molar-refractivity contribution in [1.29, 1.82) is 0 Å². The summed E-state index contributed by atoms with van der Waals surface area (Å²) in [4.78, 5) is 24.0. The van der Waals surface area contributed by atoms with Crippen LogP contribution in [0.25, 0.3) is 0 Å². The maximum Gasteiger partial charge on any atom is 0.573 e. The normalized spacial score (nSPS) is 11.3. The summed E-state index contributed by atoms with van der Waals surface area (Å²) in [6, 6.07) is 0. The maximum atomic E-state index is 12.0. The number of aromatic amines is 1. The van der Waals surface area contributed by atoms with Crippen LogP contribution in [-0.2, 0) is 6.54 Å². The Morgan fingerprint density at radius 2 is 2.12 bits per heavy atom. The van der Waals surface area contributed by atoms with Gasteiger partial charge in [-0.1, -0.05) is 0 Å². The quantitative estimate of drug-likeness (QED) is 0.723. The van der Waals surface area contributed by atoms with E-state index in [0.717, 1.165) is 6.20 Å². The Balaban J connectivity index is 3.41. The van der Waals surface area contributed by atoms with Crippen LogP contribution in [-0.4, -0.2) is 22.4 Å². The predicted octanol–water partition coefficient (Wildman–Crippen LogP) is 0.430. The van der Waals surface area contributed by atoms with Crippen molar-refractivity contribution in [2.45, 2.75) is 12.9 Å². The van der Waals surface area contributed by atoms with Gasteiger partial charge in [-0.05, 0) is 0 Å². The van der Waals surface area contributed by atoms with Gasteiger partial charge in [-0.25, -0.2) is 4.79 Å². The van der Waals surface area contributed by atoms with Gasteiger partial charge in [-0.2, -0.15) is 0 Å². The summed E-state index contributed by atoms with van der Waals surface area (Å²) in [6.45, 7) is -0.344. The number of ether oxygens (including phenoxy) is 1. The first-order valence-electron chi connectivity index (χ1n) is 4.20. The molecule has 0 fully saturated rings. The van der Waals surface area contributed by atoms with E-state index >= 15 is 0 Å². The lowest BCUT2D eigenvalue weighted by Crippen LogP contribution is -2.27. The molecule has 4 N–H and O–H groups in total. The number of carboxylic acids is 1. The number of H-pyrrole nitrogens is 1. The minimum atomic E-state index is -5.16. The number of carbonyl (C=O) groups is 1. The number of aromatic nitrogens is 1. The standard InChI is InChI=1S/C8H7F3N2O4/c9-8(10,11)17-6-4(7(15)16)13-2-3(1-12)5(6)14/h2H,1,12H2,(H,13,14)(H,15,16). The molecule has 1 aromatic rings. The number of rotatable bonds is 3. The monoisotopic (exact) mass is 252 g/mol. The number of hydrogen-bond acceptors (Lipinski definition) is 4. The van der Waals surface area contributed by atoms with Crippen molar-refractivity contribution in [3.05, 3.63) is 27.7 Å². The predicted molar refractivity (Wildman–Crippen MR) is 48.6 cm³/mol. The third-order valence-electron chi connectivity index (χ3n) is 1.77. The van der Waals surface area contributed by atoms with Gasteiger partial charge in [0.15, 0.2) is 5.69 Å². The number of aromatic carboxylic acids is 1. The molecule has 94 valence electrons. The second kappa shape index (κ2) is 4.45. The number of carboxylic acid groups (broad SMARTS) is 1. The van der Waals surface area contributed by atoms with Crippen LogP contribution >= 0.6 is 0 Å². The molecular weight excluding hydrogens is 245 g/mol. The Morgan fingerprint density at radius 3 is 2.53 bits per heavy atom. The van der Waals surface area contributed by atoms with Crippen LogP contribution in [0.4, 0.5) is 13.2 Å². The summed E-state index contributed by atoms with van der Waals surface area (Å²) in [7, 11) is 0. The summed E-state index contributed by atoms with van der Waals surface area (Å²) < 4.78 is 39.4. The van der Waals surface area contributed by atoms with Gasteiger partial charge in [0.2, 0.25) is 11.2 Å². The molecule has 0 amide bonds. The zero-order valence-corrected chi connectivity index (χ0v) is 8.17. The van der Waals surface area contributed by atoms with Gasteiger partial charge < -0.3 is 20.6 Å². The fourth-order valence-corrected chi connectivity index (χ4v) is 1.07. The SMILES string of the molecule is NCc1c[nH]c(C(=O)O)c(OC(F)(F)F)c1=O. The largest absolute Gasteiger partial charge is 0.573 e. The molecule has 0 radical (unpaired) electrons. The smallest absolute Gasteiger partial charge is 0.476 e. The third kappa shape index (κ3) is 2.97. The lowest BCUT2D eigenvalue weighted by atomic mass is 10.2. The third-order valence-corrected chi connectivity index (χ3v) is 1.77. The Bertz CT molecular complexity index is 495. The molecule has 6 nitrogen and oxygen atoms in total. The fraction of sp³-hybridized carbons (Fsp3) is 0.250. The number of hydrogen-bond donors (Lipinski definition) is 3. The molecule has 0 saturated heterocycles.